The number of hydrogen-bond donors (Lipinski definition) is 2. The van der Waals surface area contributed by atoms with Crippen LogP contribution in [-0.4, -0.2) is 15.9 Å². The summed E-state index contributed by atoms with van der Waals surface area (Å²) in [5.41, 5.74) is 2.71. The number of halogens is 1. The van der Waals surface area contributed by atoms with Gasteiger partial charge in [0.05, 0.1) is 17.1 Å². The Morgan fingerprint density at radius 1 is 1.30 bits per heavy atom. The third-order valence-electron chi connectivity index (χ3n) is 5.17. The number of amides is 1. The van der Waals surface area contributed by atoms with E-state index in [1.165, 1.54) is 0 Å². The second kappa shape index (κ2) is 6.13. The molecule has 27 heavy (non-hydrogen) atoms. The maximum atomic E-state index is 12.6. The van der Waals surface area contributed by atoms with Gasteiger partial charge in [-0.15, -0.1) is 0 Å². The molecule has 5 nitrogen and oxygen atoms in total. The number of aromatic amines is 1. The molecule has 0 spiro atoms. The molecule has 0 bridgehead atoms. The van der Waals surface area contributed by atoms with Crippen molar-refractivity contribution in [1.29, 1.82) is 0 Å². The monoisotopic (exact) mass is 379 g/mol. The third kappa shape index (κ3) is 2.98. The molecule has 136 valence electrons. The quantitative estimate of drug-likeness (QED) is 0.527. The number of para-hydroxylation sites is 2. The van der Waals surface area contributed by atoms with Gasteiger partial charge in [0.25, 0.3) is 0 Å². The number of nitrogens with one attached hydrogen (secondary N) is 2. The Bertz CT molecular complexity index is 1130. The largest absolute Gasteiger partial charge is 0.459 e. The van der Waals surface area contributed by atoms with Gasteiger partial charge in [0.2, 0.25) is 5.91 Å². The summed E-state index contributed by atoms with van der Waals surface area (Å²) in [5, 5.41) is 4.66. The van der Waals surface area contributed by atoms with Crippen LogP contribution in [0.1, 0.15) is 36.9 Å². The minimum atomic E-state index is -0.208. The van der Waals surface area contributed by atoms with Crippen LogP contribution in [0.2, 0.25) is 5.02 Å². The van der Waals surface area contributed by atoms with Crippen molar-refractivity contribution in [2.24, 2.45) is 5.92 Å². The molecular formula is C21H18ClN3O2. The first-order chi connectivity index (χ1) is 13.1. The number of nitrogens with zero attached hydrogens (tertiary/aromatic N) is 1. The molecule has 1 fully saturated rings. The molecule has 2 heterocycles. The minimum Gasteiger partial charge on any atom is -0.459 e. The van der Waals surface area contributed by atoms with Gasteiger partial charge < -0.3 is 14.7 Å². The molecule has 5 rings (SSSR count). The maximum Gasteiger partial charge on any atom is 0.224 e. The van der Waals surface area contributed by atoms with Gasteiger partial charge in [-0.1, -0.05) is 23.7 Å². The lowest BCUT2D eigenvalue weighted by Crippen LogP contribution is -2.28. The van der Waals surface area contributed by atoms with E-state index in [9.17, 15) is 4.79 Å². The summed E-state index contributed by atoms with van der Waals surface area (Å²) in [6.45, 7) is 1.93. The fourth-order valence-corrected chi connectivity index (χ4v) is 3.76. The Kier molecular flexibility index (Phi) is 3.72. The molecule has 0 saturated heterocycles. The molecule has 1 amide bonds. The van der Waals surface area contributed by atoms with Gasteiger partial charge in [-0.3, -0.25) is 4.79 Å². The molecule has 1 unspecified atom stereocenters. The average Bonchev–Trinajstić information content (AvgIpc) is 3.16. The van der Waals surface area contributed by atoms with E-state index in [0.29, 0.717) is 5.02 Å². The summed E-state index contributed by atoms with van der Waals surface area (Å²) < 4.78 is 5.85. The van der Waals surface area contributed by atoms with Crippen molar-refractivity contribution in [2.75, 3.05) is 0 Å². The van der Waals surface area contributed by atoms with Crippen LogP contribution in [0.15, 0.2) is 52.9 Å². The van der Waals surface area contributed by atoms with Crippen LogP contribution < -0.4 is 5.32 Å². The number of rotatable bonds is 4. The lowest BCUT2D eigenvalue weighted by molar-refractivity contribution is -0.123. The second-order valence-electron chi connectivity index (χ2n) is 7.15. The fraction of sp³-hybridized carbons (Fsp3) is 0.238. The van der Waals surface area contributed by atoms with E-state index in [-0.39, 0.29) is 23.8 Å². The van der Waals surface area contributed by atoms with Crippen molar-refractivity contribution >= 4 is 39.5 Å². The van der Waals surface area contributed by atoms with Crippen LogP contribution in [0.25, 0.3) is 22.0 Å². The number of benzene rings is 2. The molecule has 0 aliphatic heterocycles. The number of fused-ring (bicyclic) bond motifs is 2. The van der Waals surface area contributed by atoms with Crippen LogP contribution in [0.5, 0.6) is 0 Å². The Morgan fingerprint density at radius 2 is 2.15 bits per heavy atom. The number of H-pyrrole nitrogens is 1. The number of furan rings is 1. The first-order valence-corrected chi connectivity index (χ1v) is 9.40. The molecule has 6 heteroatoms. The van der Waals surface area contributed by atoms with Gasteiger partial charge in [0.15, 0.2) is 0 Å². The SMILES string of the molecule is CC(NC(=O)[C@H]1C[C@@H]1c1nc2ccccc2[nH]1)c1cc2cc(Cl)ccc2o1. The van der Waals surface area contributed by atoms with E-state index in [2.05, 4.69) is 15.3 Å². The standard InChI is InChI=1S/C21H18ClN3O2/c1-11(19-9-12-8-13(22)6-7-18(12)27-19)23-21(26)15-10-14(15)20-24-16-4-2-3-5-17(16)25-20/h2-9,11,14-15H,10H2,1H3,(H,23,26)(H,24,25)/t11?,14-,15-/m0/s1. The third-order valence-corrected chi connectivity index (χ3v) is 5.40. The highest BCUT2D eigenvalue weighted by Gasteiger charge is 2.46. The van der Waals surface area contributed by atoms with Crippen molar-refractivity contribution in [2.45, 2.75) is 25.3 Å². The molecule has 0 radical (unpaired) electrons. The van der Waals surface area contributed by atoms with Crippen LogP contribution >= 0.6 is 11.6 Å². The molecule has 2 aromatic heterocycles. The van der Waals surface area contributed by atoms with E-state index in [1.807, 2.05) is 49.4 Å². The van der Waals surface area contributed by atoms with Crippen LogP contribution in [0.3, 0.4) is 0 Å². The number of carbonyl (C=O) groups excluding carboxylic acids is 1. The predicted octanol–water partition coefficient (Wildman–Crippen LogP) is 4.94. The molecule has 1 aliphatic carbocycles. The van der Waals surface area contributed by atoms with Gasteiger partial charge in [-0.2, -0.15) is 0 Å². The van der Waals surface area contributed by atoms with Crippen molar-refractivity contribution < 1.29 is 9.21 Å². The lowest BCUT2D eigenvalue weighted by atomic mass is 10.2. The van der Waals surface area contributed by atoms with E-state index in [1.54, 1.807) is 6.07 Å². The van der Waals surface area contributed by atoms with Gasteiger partial charge in [0, 0.05) is 22.2 Å². The first kappa shape index (κ1) is 16.4. The zero-order valence-corrected chi connectivity index (χ0v) is 15.5. The van der Waals surface area contributed by atoms with Crippen molar-refractivity contribution in [3.05, 3.63) is 65.1 Å². The number of carbonyl (C=O) groups is 1. The van der Waals surface area contributed by atoms with E-state index in [0.717, 1.165) is 40.0 Å². The number of imidazole rings is 1. The van der Waals surface area contributed by atoms with Crippen LogP contribution in [-0.2, 0) is 4.79 Å². The highest BCUT2D eigenvalue weighted by atomic mass is 35.5. The summed E-state index contributed by atoms with van der Waals surface area (Å²) in [6, 6.07) is 15.1. The van der Waals surface area contributed by atoms with Crippen LogP contribution in [0, 0.1) is 5.92 Å². The average molecular weight is 380 g/mol. The van der Waals surface area contributed by atoms with Gasteiger partial charge in [0.1, 0.15) is 17.2 Å². The topological polar surface area (TPSA) is 70.9 Å². The Labute approximate surface area is 160 Å². The molecule has 4 aromatic rings. The Hall–Kier alpha value is -2.79. The molecule has 1 aliphatic rings. The summed E-state index contributed by atoms with van der Waals surface area (Å²) in [5.74, 6) is 1.75. The van der Waals surface area contributed by atoms with Crippen molar-refractivity contribution in [3.8, 4) is 0 Å². The molecule has 2 N–H and O–H groups in total. The van der Waals surface area contributed by atoms with E-state index in [4.69, 9.17) is 16.0 Å². The Balaban J connectivity index is 1.28. The first-order valence-electron chi connectivity index (χ1n) is 9.02. The van der Waals surface area contributed by atoms with Crippen LogP contribution in [0.4, 0.5) is 0 Å². The highest BCUT2D eigenvalue weighted by Crippen LogP contribution is 2.47. The van der Waals surface area contributed by atoms with Gasteiger partial charge in [-0.05, 0) is 49.7 Å². The zero-order chi connectivity index (χ0) is 18.5. The minimum absolute atomic E-state index is 0.0337. The molecule has 2 aromatic carbocycles. The fourth-order valence-electron chi connectivity index (χ4n) is 3.57. The van der Waals surface area contributed by atoms with E-state index >= 15 is 0 Å². The molecular weight excluding hydrogens is 362 g/mol. The van der Waals surface area contributed by atoms with Gasteiger partial charge >= 0.3 is 0 Å². The number of hydrogen-bond acceptors (Lipinski definition) is 3. The highest BCUT2D eigenvalue weighted by molar-refractivity contribution is 6.31. The van der Waals surface area contributed by atoms with Gasteiger partial charge in [-0.25, -0.2) is 4.98 Å². The predicted molar refractivity (Wildman–Crippen MR) is 105 cm³/mol. The molecule has 3 atom stereocenters. The zero-order valence-electron chi connectivity index (χ0n) is 14.7. The summed E-state index contributed by atoms with van der Waals surface area (Å²) in [7, 11) is 0. The normalized spacial score (nSPS) is 20.1. The van der Waals surface area contributed by atoms with Crippen molar-refractivity contribution in [1.82, 2.24) is 15.3 Å². The van der Waals surface area contributed by atoms with Crippen molar-refractivity contribution in [3.63, 3.8) is 0 Å². The molecule has 1 saturated carbocycles. The smallest absolute Gasteiger partial charge is 0.224 e. The second-order valence-corrected chi connectivity index (χ2v) is 7.59. The Morgan fingerprint density at radius 3 is 3.00 bits per heavy atom. The van der Waals surface area contributed by atoms with E-state index < -0.39 is 0 Å². The number of aromatic nitrogens is 2. The lowest BCUT2D eigenvalue weighted by Gasteiger charge is -2.11. The summed E-state index contributed by atoms with van der Waals surface area (Å²) in [6.07, 6.45) is 0.814. The summed E-state index contributed by atoms with van der Waals surface area (Å²) in [4.78, 5) is 20.6. The maximum absolute atomic E-state index is 12.6. The summed E-state index contributed by atoms with van der Waals surface area (Å²) >= 11 is 6.02.